The van der Waals surface area contributed by atoms with Gasteiger partial charge in [-0.2, -0.15) is 0 Å². The van der Waals surface area contributed by atoms with Crippen molar-refractivity contribution in [3.63, 3.8) is 0 Å². The molecule has 1 aliphatic heterocycles. The van der Waals surface area contributed by atoms with Gasteiger partial charge in [0.05, 0.1) is 5.69 Å². The molecule has 2 amide bonds. The van der Waals surface area contributed by atoms with E-state index in [1.807, 2.05) is 37.6 Å². The number of carbonyl (C=O) groups excluding carboxylic acids is 2. The van der Waals surface area contributed by atoms with Gasteiger partial charge in [-0.1, -0.05) is 19.4 Å². The van der Waals surface area contributed by atoms with Crippen LogP contribution in [0.2, 0.25) is 0 Å². The van der Waals surface area contributed by atoms with Gasteiger partial charge in [0.25, 0.3) is 11.8 Å². The fourth-order valence-corrected chi connectivity index (χ4v) is 3.80. The topological polar surface area (TPSA) is 67.2 Å². The van der Waals surface area contributed by atoms with Crippen molar-refractivity contribution in [3.8, 4) is 0 Å². The molecule has 0 aliphatic carbocycles. The second kappa shape index (κ2) is 8.59. The second-order valence-electron chi connectivity index (χ2n) is 7.75. The number of nitrogens with one attached hydrogen (secondary N) is 1. The minimum absolute atomic E-state index is 0.0930. The highest BCUT2D eigenvalue weighted by Gasteiger charge is 2.28. The number of carbonyl (C=O) groups is 2. The number of anilines is 1. The lowest BCUT2D eigenvalue weighted by atomic mass is 10.1. The standard InChI is InChI=1S/C22H30N4O2/c1-5-6-10-25(4)22(28)19-18-9-7-8-11-26(18)20(24-19)21(27)23-17-13-15(2)12-16(3)14-17/h12-14H,5-11H2,1-4H3,(H,23,27). The molecule has 3 rings (SSSR count). The largest absolute Gasteiger partial charge is 0.340 e. The van der Waals surface area contributed by atoms with Gasteiger partial charge in [-0.15, -0.1) is 0 Å². The predicted molar refractivity (Wildman–Crippen MR) is 111 cm³/mol. The molecule has 2 heterocycles. The number of unbranched alkanes of at least 4 members (excludes halogenated alkanes) is 1. The summed E-state index contributed by atoms with van der Waals surface area (Å²) in [5.41, 5.74) is 4.26. The van der Waals surface area contributed by atoms with Gasteiger partial charge in [0.15, 0.2) is 5.82 Å². The molecule has 0 spiro atoms. The number of aromatic nitrogens is 2. The number of aryl methyl sites for hydroxylation is 2. The zero-order valence-corrected chi connectivity index (χ0v) is 17.3. The van der Waals surface area contributed by atoms with Gasteiger partial charge in [-0.05, 0) is 62.8 Å². The molecule has 1 aliphatic rings. The van der Waals surface area contributed by atoms with E-state index in [9.17, 15) is 9.59 Å². The minimum Gasteiger partial charge on any atom is -0.340 e. The third-order valence-electron chi connectivity index (χ3n) is 5.20. The predicted octanol–water partition coefficient (Wildman–Crippen LogP) is 3.96. The second-order valence-corrected chi connectivity index (χ2v) is 7.75. The van der Waals surface area contributed by atoms with E-state index in [0.717, 1.165) is 61.2 Å². The van der Waals surface area contributed by atoms with Crippen molar-refractivity contribution in [2.75, 3.05) is 18.9 Å². The number of imidazole rings is 1. The van der Waals surface area contributed by atoms with Crippen LogP contribution >= 0.6 is 0 Å². The number of rotatable bonds is 6. The lowest BCUT2D eigenvalue weighted by Crippen LogP contribution is -2.29. The van der Waals surface area contributed by atoms with Crippen LogP contribution in [0.25, 0.3) is 0 Å². The minimum atomic E-state index is -0.261. The zero-order valence-electron chi connectivity index (χ0n) is 17.3. The monoisotopic (exact) mass is 382 g/mol. The first-order chi connectivity index (χ1) is 13.4. The molecule has 1 N–H and O–H groups in total. The van der Waals surface area contributed by atoms with E-state index in [-0.39, 0.29) is 11.8 Å². The highest BCUT2D eigenvalue weighted by Crippen LogP contribution is 2.23. The summed E-state index contributed by atoms with van der Waals surface area (Å²) in [6.07, 6.45) is 4.78. The van der Waals surface area contributed by atoms with Crippen molar-refractivity contribution in [3.05, 3.63) is 46.5 Å². The summed E-state index contributed by atoms with van der Waals surface area (Å²) in [6.45, 7) is 7.54. The Labute approximate surface area is 166 Å². The van der Waals surface area contributed by atoms with E-state index >= 15 is 0 Å². The third-order valence-corrected chi connectivity index (χ3v) is 5.20. The molecule has 0 saturated heterocycles. The van der Waals surface area contributed by atoms with Crippen molar-refractivity contribution in [1.29, 1.82) is 0 Å². The molecule has 6 heteroatoms. The number of nitrogens with zero attached hydrogens (tertiary/aromatic N) is 3. The maximum atomic E-state index is 13.0. The SMILES string of the molecule is CCCCN(C)C(=O)c1nc(C(=O)Nc2cc(C)cc(C)c2)n2c1CCCC2. The Balaban J connectivity index is 1.89. The molecule has 0 unspecified atom stereocenters. The normalized spacial score (nSPS) is 13.1. The quantitative estimate of drug-likeness (QED) is 0.822. The van der Waals surface area contributed by atoms with Gasteiger partial charge in [0, 0.05) is 25.8 Å². The molecule has 1 aromatic heterocycles. The summed E-state index contributed by atoms with van der Waals surface area (Å²) >= 11 is 0. The Bertz CT molecular complexity index is 865. The van der Waals surface area contributed by atoms with Crippen molar-refractivity contribution in [1.82, 2.24) is 14.5 Å². The number of hydrogen-bond acceptors (Lipinski definition) is 3. The fraction of sp³-hybridized carbons (Fsp3) is 0.500. The van der Waals surface area contributed by atoms with Crippen LogP contribution < -0.4 is 5.32 Å². The van der Waals surface area contributed by atoms with Crippen LogP contribution in [0, 0.1) is 13.8 Å². The summed E-state index contributed by atoms with van der Waals surface area (Å²) in [7, 11) is 1.81. The Morgan fingerprint density at radius 2 is 1.89 bits per heavy atom. The van der Waals surface area contributed by atoms with Gasteiger partial charge < -0.3 is 14.8 Å². The number of fused-ring (bicyclic) bond motifs is 1. The van der Waals surface area contributed by atoms with E-state index < -0.39 is 0 Å². The molecule has 150 valence electrons. The van der Waals surface area contributed by atoms with Gasteiger partial charge >= 0.3 is 0 Å². The first kappa shape index (κ1) is 20.1. The Morgan fingerprint density at radius 1 is 1.18 bits per heavy atom. The lowest BCUT2D eigenvalue weighted by molar-refractivity contribution is 0.0786. The molecule has 28 heavy (non-hydrogen) atoms. The van der Waals surface area contributed by atoms with Crippen LogP contribution in [0.4, 0.5) is 5.69 Å². The van der Waals surface area contributed by atoms with Crippen LogP contribution in [-0.4, -0.2) is 39.9 Å². The molecule has 1 aromatic carbocycles. The van der Waals surface area contributed by atoms with Crippen LogP contribution in [0.5, 0.6) is 0 Å². The molecule has 0 bridgehead atoms. The average Bonchev–Trinajstić information content (AvgIpc) is 3.04. The summed E-state index contributed by atoms with van der Waals surface area (Å²) in [5, 5.41) is 2.96. The van der Waals surface area contributed by atoms with Crippen LogP contribution in [-0.2, 0) is 13.0 Å². The number of hydrogen-bond donors (Lipinski definition) is 1. The molecule has 6 nitrogen and oxygen atoms in total. The summed E-state index contributed by atoms with van der Waals surface area (Å²) in [6, 6.07) is 5.95. The molecule has 0 radical (unpaired) electrons. The van der Waals surface area contributed by atoms with E-state index in [2.05, 4.69) is 23.3 Å². The average molecular weight is 383 g/mol. The third kappa shape index (κ3) is 4.26. The first-order valence-corrected chi connectivity index (χ1v) is 10.1. The first-order valence-electron chi connectivity index (χ1n) is 10.1. The summed E-state index contributed by atoms with van der Waals surface area (Å²) in [4.78, 5) is 32.1. The maximum Gasteiger partial charge on any atom is 0.291 e. The van der Waals surface area contributed by atoms with E-state index in [4.69, 9.17) is 0 Å². The number of benzene rings is 1. The van der Waals surface area contributed by atoms with E-state index in [1.54, 1.807) is 4.90 Å². The Hall–Kier alpha value is -2.63. The van der Waals surface area contributed by atoms with E-state index in [0.29, 0.717) is 18.1 Å². The molecule has 0 saturated carbocycles. The van der Waals surface area contributed by atoms with Gasteiger partial charge in [0.2, 0.25) is 0 Å². The van der Waals surface area contributed by atoms with Crippen molar-refractivity contribution >= 4 is 17.5 Å². The highest BCUT2D eigenvalue weighted by molar-refractivity contribution is 6.03. The van der Waals surface area contributed by atoms with Gasteiger partial charge in [-0.3, -0.25) is 9.59 Å². The summed E-state index contributed by atoms with van der Waals surface area (Å²) in [5.74, 6) is -0.0194. The van der Waals surface area contributed by atoms with Crippen molar-refractivity contribution < 1.29 is 9.59 Å². The van der Waals surface area contributed by atoms with Crippen molar-refractivity contribution in [2.24, 2.45) is 0 Å². The zero-order chi connectivity index (χ0) is 20.3. The molecular formula is C22H30N4O2. The number of amides is 2. The molecule has 2 aromatic rings. The highest BCUT2D eigenvalue weighted by atomic mass is 16.2. The maximum absolute atomic E-state index is 13.0. The Kier molecular flexibility index (Phi) is 6.17. The Morgan fingerprint density at radius 3 is 2.57 bits per heavy atom. The van der Waals surface area contributed by atoms with Gasteiger partial charge in [-0.25, -0.2) is 4.98 Å². The smallest absolute Gasteiger partial charge is 0.291 e. The van der Waals surface area contributed by atoms with Crippen molar-refractivity contribution in [2.45, 2.75) is 59.4 Å². The van der Waals surface area contributed by atoms with Crippen LogP contribution in [0.1, 0.15) is 70.5 Å². The fourth-order valence-electron chi connectivity index (χ4n) is 3.80. The molecule has 0 fully saturated rings. The molecular weight excluding hydrogens is 352 g/mol. The van der Waals surface area contributed by atoms with Gasteiger partial charge in [0.1, 0.15) is 5.69 Å². The summed E-state index contributed by atoms with van der Waals surface area (Å²) < 4.78 is 1.93. The lowest BCUT2D eigenvalue weighted by Gasteiger charge is -2.19. The van der Waals surface area contributed by atoms with Crippen LogP contribution in [0.3, 0.4) is 0 Å². The molecule has 0 atom stereocenters. The van der Waals surface area contributed by atoms with Crippen LogP contribution in [0.15, 0.2) is 18.2 Å². The van der Waals surface area contributed by atoms with E-state index in [1.165, 1.54) is 0 Å².